The van der Waals surface area contributed by atoms with Crippen LogP contribution in [0.3, 0.4) is 0 Å². The van der Waals surface area contributed by atoms with Gasteiger partial charge in [-0.3, -0.25) is 14.2 Å². The Bertz CT molecular complexity index is 1010. The molecule has 0 aliphatic carbocycles. The van der Waals surface area contributed by atoms with Gasteiger partial charge in [-0.05, 0) is 31.2 Å². The number of hydrogen-bond acceptors (Lipinski definition) is 5. The molecule has 3 rings (SSSR count). The molecule has 25 heavy (non-hydrogen) atoms. The van der Waals surface area contributed by atoms with Crippen LogP contribution in [0.2, 0.25) is 10.0 Å². The number of thioether (sulfide) groups is 1. The van der Waals surface area contributed by atoms with Gasteiger partial charge in [0.25, 0.3) is 5.56 Å². The third-order valence-electron chi connectivity index (χ3n) is 3.33. The van der Waals surface area contributed by atoms with Gasteiger partial charge in [0.15, 0.2) is 5.16 Å². The minimum absolute atomic E-state index is 0.111. The Morgan fingerprint density at radius 1 is 1.28 bits per heavy atom. The van der Waals surface area contributed by atoms with E-state index in [1.807, 2.05) is 13.0 Å². The molecule has 0 spiro atoms. The molecule has 0 saturated heterocycles. The normalized spacial score (nSPS) is 11.0. The second kappa shape index (κ2) is 7.37. The summed E-state index contributed by atoms with van der Waals surface area (Å²) in [6.45, 7) is 1.93. The fourth-order valence-corrected chi connectivity index (χ4v) is 4.47. The minimum atomic E-state index is -0.236. The number of aromatic nitrogens is 2. The molecule has 0 bridgehead atoms. The number of fused-ring (bicyclic) bond motifs is 1. The highest BCUT2D eigenvalue weighted by Crippen LogP contribution is 2.25. The van der Waals surface area contributed by atoms with Gasteiger partial charge in [0, 0.05) is 27.7 Å². The summed E-state index contributed by atoms with van der Waals surface area (Å²) in [5.74, 6) is -0.125. The number of benzene rings is 1. The zero-order valence-electron chi connectivity index (χ0n) is 13.3. The van der Waals surface area contributed by atoms with Crippen molar-refractivity contribution in [3.8, 4) is 0 Å². The van der Waals surface area contributed by atoms with Gasteiger partial charge >= 0.3 is 0 Å². The topological polar surface area (TPSA) is 64.0 Å². The molecular weight excluding hydrogens is 401 g/mol. The van der Waals surface area contributed by atoms with Crippen molar-refractivity contribution in [2.24, 2.45) is 7.05 Å². The van der Waals surface area contributed by atoms with Crippen molar-refractivity contribution < 1.29 is 4.79 Å². The number of halogens is 2. The molecule has 0 atom stereocenters. The van der Waals surface area contributed by atoms with Crippen LogP contribution in [0.25, 0.3) is 10.2 Å². The average molecular weight is 414 g/mol. The summed E-state index contributed by atoms with van der Waals surface area (Å²) in [5.41, 5.74) is 0.410. The predicted molar refractivity (Wildman–Crippen MR) is 105 cm³/mol. The zero-order valence-corrected chi connectivity index (χ0v) is 16.4. The summed E-state index contributed by atoms with van der Waals surface area (Å²) in [5, 5.41) is 4.72. The van der Waals surface area contributed by atoms with Crippen LogP contribution in [0.15, 0.2) is 34.2 Å². The Labute approximate surface area is 162 Å². The minimum Gasteiger partial charge on any atom is -0.325 e. The highest BCUT2D eigenvalue weighted by atomic mass is 35.5. The third kappa shape index (κ3) is 4.17. The van der Waals surface area contributed by atoms with Crippen molar-refractivity contribution in [2.45, 2.75) is 12.1 Å². The first-order valence-corrected chi connectivity index (χ1v) is 9.75. The van der Waals surface area contributed by atoms with Crippen LogP contribution in [0.4, 0.5) is 5.69 Å². The summed E-state index contributed by atoms with van der Waals surface area (Å²) in [6, 6.07) is 6.65. The predicted octanol–water partition coefficient (Wildman–Crippen LogP) is 4.34. The number of aryl methyl sites for hydroxylation is 1. The standard InChI is InChI=1S/C16H13Cl2N3O2S2/c1-8-3-12-14(25-8)20-16(21(2)15(12)23)24-7-13(22)19-11-5-9(17)4-10(18)6-11/h3-6H,7H2,1-2H3,(H,19,22). The first-order chi connectivity index (χ1) is 11.8. The number of amides is 1. The van der Waals surface area contributed by atoms with E-state index in [1.54, 1.807) is 25.2 Å². The van der Waals surface area contributed by atoms with E-state index in [2.05, 4.69) is 10.3 Å². The summed E-state index contributed by atoms with van der Waals surface area (Å²) >= 11 is 14.5. The Balaban J connectivity index is 1.74. The maximum atomic E-state index is 12.4. The van der Waals surface area contributed by atoms with Crippen molar-refractivity contribution >= 4 is 68.1 Å². The van der Waals surface area contributed by atoms with Gasteiger partial charge in [-0.2, -0.15) is 0 Å². The lowest BCUT2D eigenvalue weighted by molar-refractivity contribution is -0.113. The molecule has 0 saturated carbocycles. The Kier molecular flexibility index (Phi) is 5.38. The molecule has 2 aromatic heterocycles. The zero-order chi connectivity index (χ0) is 18.1. The highest BCUT2D eigenvalue weighted by Gasteiger charge is 2.13. The van der Waals surface area contributed by atoms with Crippen LogP contribution < -0.4 is 10.9 Å². The number of thiophene rings is 1. The van der Waals surface area contributed by atoms with E-state index in [1.165, 1.54) is 27.7 Å². The smallest absolute Gasteiger partial charge is 0.262 e. The molecule has 5 nitrogen and oxygen atoms in total. The fraction of sp³-hybridized carbons (Fsp3) is 0.188. The molecule has 0 radical (unpaired) electrons. The fourth-order valence-electron chi connectivity index (χ4n) is 2.25. The van der Waals surface area contributed by atoms with Gasteiger partial charge in [0.05, 0.1) is 11.1 Å². The van der Waals surface area contributed by atoms with E-state index in [0.29, 0.717) is 31.1 Å². The number of nitrogens with one attached hydrogen (secondary N) is 1. The molecule has 2 heterocycles. The van der Waals surface area contributed by atoms with E-state index < -0.39 is 0 Å². The molecule has 1 N–H and O–H groups in total. The lowest BCUT2D eigenvalue weighted by Gasteiger charge is -2.08. The van der Waals surface area contributed by atoms with Crippen LogP contribution in [0, 0.1) is 6.92 Å². The highest BCUT2D eigenvalue weighted by molar-refractivity contribution is 7.99. The lowest BCUT2D eigenvalue weighted by Crippen LogP contribution is -2.20. The third-order valence-corrected chi connectivity index (χ3v) is 5.74. The molecular formula is C16H13Cl2N3O2S2. The van der Waals surface area contributed by atoms with Gasteiger partial charge in [0.2, 0.25) is 5.91 Å². The lowest BCUT2D eigenvalue weighted by atomic mass is 10.3. The van der Waals surface area contributed by atoms with Gasteiger partial charge in [0.1, 0.15) is 4.83 Å². The first kappa shape index (κ1) is 18.3. The number of nitrogens with zero attached hydrogens (tertiary/aromatic N) is 2. The molecule has 0 aliphatic heterocycles. The summed E-state index contributed by atoms with van der Waals surface area (Å²) in [7, 11) is 1.65. The number of carbonyl (C=O) groups excluding carboxylic acids is 1. The van der Waals surface area contributed by atoms with Gasteiger partial charge in [-0.25, -0.2) is 4.98 Å². The number of rotatable bonds is 4. The van der Waals surface area contributed by atoms with Gasteiger partial charge in [-0.15, -0.1) is 11.3 Å². The Morgan fingerprint density at radius 3 is 2.64 bits per heavy atom. The number of anilines is 1. The van der Waals surface area contributed by atoms with Crippen LogP contribution in [-0.2, 0) is 11.8 Å². The first-order valence-electron chi connectivity index (χ1n) is 7.19. The largest absolute Gasteiger partial charge is 0.325 e. The molecule has 1 amide bonds. The van der Waals surface area contributed by atoms with E-state index in [9.17, 15) is 9.59 Å². The SMILES string of the molecule is Cc1cc2c(=O)n(C)c(SCC(=O)Nc3cc(Cl)cc(Cl)c3)nc2s1. The second-order valence-corrected chi connectivity index (χ2v) is 8.38. The van der Waals surface area contributed by atoms with E-state index in [4.69, 9.17) is 23.2 Å². The molecule has 1 aromatic carbocycles. The number of carbonyl (C=O) groups is 1. The van der Waals surface area contributed by atoms with Crippen molar-refractivity contribution in [2.75, 3.05) is 11.1 Å². The quantitative estimate of drug-likeness (QED) is 0.510. The average Bonchev–Trinajstić information content (AvgIpc) is 2.89. The molecule has 0 aliphatic rings. The van der Waals surface area contributed by atoms with E-state index >= 15 is 0 Å². The van der Waals surface area contributed by atoms with Crippen molar-refractivity contribution in [1.29, 1.82) is 0 Å². The van der Waals surface area contributed by atoms with Crippen LogP contribution >= 0.6 is 46.3 Å². The van der Waals surface area contributed by atoms with Crippen molar-refractivity contribution in [3.63, 3.8) is 0 Å². The summed E-state index contributed by atoms with van der Waals surface area (Å²) < 4.78 is 1.46. The number of hydrogen-bond donors (Lipinski definition) is 1. The van der Waals surface area contributed by atoms with Crippen LogP contribution in [0.1, 0.15) is 4.88 Å². The second-order valence-electron chi connectivity index (χ2n) is 5.33. The van der Waals surface area contributed by atoms with E-state index in [0.717, 1.165) is 4.88 Å². The van der Waals surface area contributed by atoms with Crippen molar-refractivity contribution in [3.05, 3.63) is 49.5 Å². The van der Waals surface area contributed by atoms with Gasteiger partial charge in [-0.1, -0.05) is 35.0 Å². The molecule has 9 heteroatoms. The molecule has 130 valence electrons. The Morgan fingerprint density at radius 2 is 1.96 bits per heavy atom. The summed E-state index contributed by atoms with van der Waals surface area (Å²) in [6.07, 6.45) is 0. The van der Waals surface area contributed by atoms with Gasteiger partial charge < -0.3 is 5.32 Å². The van der Waals surface area contributed by atoms with Crippen LogP contribution in [0.5, 0.6) is 0 Å². The molecule has 0 fully saturated rings. The molecule has 0 unspecified atom stereocenters. The maximum Gasteiger partial charge on any atom is 0.262 e. The maximum absolute atomic E-state index is 12.4. The monoisotopic (exact) mass is 413 g/mol. The van der Waals surface area contributed by atoms with Crippen LogP contribution in [-0.4, -0.2) is 21.2 Å². The molecule has 3 aromatic rings. The van der Waals surface area contributed by atoms with Crippen molar-refractivity contribution in [1.82, 2.24) is 9.55 Å². The van der Waals surface area contributed by atoms with E-state index in [-0.39, 0.29) is 17.2 Å². The summed E-state index contributed by atoms with van der Waals surface area (Å²) in [4.78, 5) is 30.7. The Hall–Kier alpha value is -1.54.